The van der Waals surface area contributed by atoms with Crippen molar-refractivity contribution in [3.8, 4) is 22.3 Å². The highest BCUT2D eigenvalue weighted by Gasteiger charge is 2.16. The molecule has 9 aromatic carbocycles. The molecule has 0 aliphatic carbocycles. The molecule has 2 nitrogen and oxygen atoms in total. The molecular formula is C49H36N2. The van der Waals surface area contributed by atoms with Gasteiger partial charge >= 0.3 is 0 Å². The zero-order chi connectivity index (χ0) is 34.1. The van der Waals surface area contributed by atoms with Crippen molar-refractivity contribution in [2.24, 2.45) is 0 Å². The minimum absolute atomic E-state index is 1.11. The maximum atomic E-state index is 2.36. The SMILES string of the molecule is CN(c1ccc(-c2ccc(N(c3cccc(-c4ccccc4)c3)c3ccc4ccccc4c3)cc2)cc1)c1cc2ccccc2c2ccccc12. The Labute approximate surface area is 299 Å². The first-order valence-electron chi connectivity index (χ1n) is 17.5. The first kappa shape index (κ1) is 30.4. The molecular weight excluding hydrogens is 617 g/mol. The van der Waals surface area contributed by atoms with E-state index in [-0.39, 0.29) is 0 Å². The van der Waals surface area contributed by atoms with Gasteiger partial charge in [0.25, 0.3) is 0 Å². The molecule has 0 amide bonds. The van der Waals surface area contributed by atoms with E-state index in [0.29, 0.717) is 0 Å². The second-order valence-corrected chi connectivity index (χ2v) is 13.1. The number of rotatable bonds is 7. The monoisotopic (exact) mass is 652 g/mol. The van der Waals surface area contributed by atoms with E-state index in [1.165, 1.54) is 60.3 Å². The Hall–Kier alpha value is -6.64. The van der Waals surface area contributed by atoms with Crippen LogP contribution in [-0.4, -0.2) is 7.05 Å². The Bertz CT molecular complexity index is 2640. The molecule has 0 fully saturated rings. The molecule has 0 saturated carbocycles. The van der Waals surface area contributed by atoms with Crippen molar-refractivity contribution in [3.05, 3.63) is 200 Å². The van der Waals surface area contributed by atoms with Crippen LogP contribution in [-0.2, 0) is 0 Å². The first-order chi connectivity index (χ1) is 25.2. The summed E-state index contributed by atoms with van der Waals surface area (Å²) in [5, 5.41) is 7.52. The average Bonchev–Trinajstić information content (AvgIpc) is 3.21. The molecule has 51 heavy (non-hydrogen) atoms. The standard InChI is InChI=1S/C49H36N2/c1-50(49-34-41-16-7-8-19-46(41)47-20-9-10-21-48(47)49)42-27-22-37(23-28-42)38-24-29-43(30-25-38)51(45-31-26-36-14-5-6-15-39(36)33-45)44-18-11-17-40(32-44)35-12-3-2-4-13-35/h2-34H,1H3. The molecule has 0 bridgehead atoms. The minimum atomic E-state index is 1.11. The van der Waals surface area contributed by atoms with Crippen LogP contribution >= 0.6 is 0 Å². The van der Waals surface area contributed by atoms with Gasteiger partial charge in [-0.1, -0.05) is 146 Å². The summed E-state index contributed by atoms with van der Waals surface area (Å²) in [6.45, 7) is 0. The van der Waals surface area contributed by atoms with Gasteiger partial charge in [-0.25, -0.2) is 0 Å². The minimum Gasteiger partial charge on any atom is -0.344 e. The molecule has 0 N–H and O–H groups in total. The van der Waals surface area contributed by atoms with E-state index >= 15 is 0 Å². The smallest absolute Gasteiger partial charge is 0.0494 e. The fraction of sp³-hybridized carbons (Fsp3) is 0.0204. The van der Waals surface area contributed by atoms with Gasteiger partial charge in [0, 0.05) is 40.9 Å². The molecule has 0 spiro atoms. The van der Waals surface area contributed by atoms with Crippen molar-refractivity contribution >= 4 is 60.8 Å². The lowest BCUT2D eigenvalue weighted by atomic mass is 9.99. The van der Waals surface area contributed by atoms with E-state index in [0.717, 1.165) is 22.7 Å². The second kappa shape index (κ2) is 13.0. The van der Waals surface area contributed by atoms with Crippen LogP contribution in [0, 0.1) is 0 Å². The molecule has 0 aliphatic heterocycles. The quantitative estimate of drug-likeness (QED) is 0.158. The first-order valence-corrected chi connectivity index (χ1v) is 17.5. The van der Waals surface area contributed by atoms with Crippen LogP contribution in [0.15, 0.2) is 200 Å². The van der Waals surface area contributed by atoms with Crippen LogP contribution in [0.2, 0.25) is 0 Å². The van der Waals surface area contributed by atoms with Crippen LogP contribution < -0.4 is 9.80 Å². The van der Waals surface area contributed by atoms with Gasteiger partial charge in [0.05, 0.1) is 0 Å². The lowest BCUT2D eigenvalue weighted by Gasteiger charge is -2.26. The summed E-state index contributed by atoms with van der Waals surface area (Å²) in [5.74, 6) is 0. The van der Waals surface area contributed by atoms with E-state index in [9.17, 15) is 0 Å². The Kier molecular flexibility index (Phi) is 7.75. The zero-order valence-electron chi connectivity index (χ0n) is 28.4. The maximum absolute atomic E-state index is 2.36. The number of hydrogen-bond donors (Lipinski definition) is 0. The highest BCUT2D eigenvalue weighted by Crippen LogP contribution is 2.40. The Morgan fingerprint density at radius 3 is 1.57 bits per heavy atom. The topological polar surface area (TPSA) is 6.48 Å². The highest BCUT2D eigenvalue weighted by molar-refractivity contribution is 6.13. The van der Waals surface area contributed by atoms with Gasteiger partial charge in [-0.2, -0.15) is 0 Å². The number of anilines is 5. The lowest BCUT2D eigenvalue weighted by molar-refractivity contribution is 1.22. The molecule has 0 saturated heterocycles. The zero-order valence-corrected chi connectivity index (χ0v) is 28.4. The summed E-state index contributed by atoms with van der Waals surface area (Å²) < 4.78 is 0. The van der Waals surface area contributed by atoms with Gasteiger partial charge in [0.1, 0.15) is 0 Å². The van der Waals surface area contributed by atoms with Crippen LogP contribution in [0.5, 0.6) is 0 Å². The third kappa shape index (κ3) is 5.77. The molecule has 0 heterocycles. The van der Waals surface area contributed by atoms with Crippen molar-refractivity contribution in [3.63, 3.8) is 0 Å². The largest absolute Gasteiger partial charge is 0.344 e. The van der Waals surface area contributed by atoms with Crippen LogP contribution in [0.25, 0.3) is 54.6 Å². The van der Waals surface area contributed by atoms with E-state index in [2.05, 4.69) is 217 Å². The molecule has 9 aromatic rings. The lowest BCUT2D eigenvalue weighted by Crippen LogP contribution is -2.10. The predicted molar refractivity (Wildman–Crippen MR) is 219 cm³/mol. The fourth-order valence-electron chi connectivity index (χ4n) is 7.35. The van der Waals surface area contributed by atoms with Crippen LogP contribution in [0.1, 0.15) is 0 Å². The van der Waals surface area contributed by atoms with Gasteiger partial charge in [0.15, 0.2) is 0 Å². The predicted octanol–water partition coefficient (Wildman–Crippen LogP) is 13.7. The van der Waals surface area contributed by atoms with Gasteiger partial charge in [0.2, 0.25) is 0 Å². The van der Waals surface area contributed by atoms with Crippen molar-refractivity contribution in [2.75, 3.05) is 16.8 Å². The fourth-order valence-corrected chi connectivity index (χ4v) is 7.35. The van der Waals surface area contributed by atoms with Gasteiger partial charge in [-0.15, -0.1) is 0 Å². The second-order valence-electron chi connectivity index (χ2n) is 13.1. The number of nitrogens with zero attached hydrogens (tertiary/aromatic N) is 2. The van der Waals surface area contributed by atoms with Crippen LogP contribution in [0.3, 0.4) is 0 Å². The van der Waals surface area contributed by atoms with E-state index < -0.39 is 0 Å². The van der Waals surface area contributed by atoms with E-state index in [1.54, 1.807) is 0 Å². The van der Waals surface area contributed by atoms with Gasteiger partial charge in [-0.05, 0) is 104 Å². The Balaban J connectivity index is 1.05. The van der Waals surface area contributed by atoms with Crippen LogP contribution in [0.4, 0.5) is 28.4 Å². The summed E-state index contributed by atoms with van der Waals surface area (Å²) in [6.07, 6.45) is 0. The molecule has 242 valence electrons. The summed E-state index contributed by atoms with van der Waals surface area (Å²) in [7, 11) is 2.16. The molecule has 2 heteroatoms. The Morgan fingerprint density at radius 2 is 0.824 bits per heavy atom. The summed E-state index contributed by atoms with van der Waals surface area (Å²) in [6, 6.07) is 72.2. The van der Waals surface area contributed by atoms with Crippen molar-refractivity contribution in [1.82, 2.24) is 0 Å². The highest BCUT2D eigenvalue weighted by atomic mass is 15.1. The molecule has 0 aromatic heterocycles. The van der Waals surface area contributed by atoms with Gasteiger partial charge in [-0.3, -0.25) is 0 Å². The maximum Gasteiger partial charge on any atom is 0.0494 e. The molecule has 0 aliphatic rings. The third-order valence-corrected chi connectivity index (χ3v) is 10.0. The molecule has 0 unspecified atom stereocenters. The average molecular weight is 653 g/mol. The molecule has 0 atom stereocenters. The van der Waals surface area contributed by atoms with Crippen molar-refractivity contribution < 1.29 is 0 Å². The van der Waals surface area contributed by atoms with Crippen molar-refractivity contribution in [2.45, 2.75) is 0 Å². The third-order valence-electron chi connectivity index (χ3n) is 10.0. The normalized spacial score (nSPS) is 11.2. The van der Waals surface area contributed by atoms with Gasteiger partial charge < -0.3 is 9.80 Å². The number of benzene rings is 9. The molecule has 9 rings (SSSR count). The summed E-state index contributed by atoms with van der Waals surface area (Å²) >= 11 is 0. The Morgan fingerprint density at radius 1 is 0.294 bits per heavy atom. The summed E-state index contributed by atoms with van der Waals surface area (Å²) in [5.41, 5.74) is 10.5. The number of hydrogen-bond acceptors (Lipinski definition) is 2. The molecule has 0 radical (unpaired) electrons. The number of fused-ring (bicyclic) bond motifs is 4. The van der Waals surface area contributed by atoms with E-state index in [4.69, 9.17) is 0 Å². The van der Waals surface area contributed by atoms with E-state index in [1.807, 2.05) is 0 Å². The summed E-state index contributed by atoms with van der Waals surface area (Å²) in [4.78, 5) is 4.65. The van der Waals surface area contributed by atoms with Crippen molar-refractivity contribution in [1.29, 1.82) is 0 Å².